The van der Waals surface area contributed by atoms with E-state index in [0.29, 0.717) is 6.61 Å². The van der Waals surface area contributed by atoms with Crippen molar-refractivity contribution in [1.29, 1.82) is 0 Å². The third-order valence-corrected chi connectivity index (χ3v) is 4.85. The van der Waals surface area contributed by atoms with Crippen LogP contribution in [0.3, 0.4) is 0 Å². The van der Waals surface area contributed by atoms with E-state index >= 15 is 0 Å². The third-order valence-electron chi connectivity index (χ3n) is 4.85. The minimum absolute atomic E-state index is 0.695. The van der Waals surface area contributed by atoms with E-state index < -0.39 is 0 Å². The van der Waals surface area contributed by atoms with Crippen LogP contribution in [0.15, 0.2) is 12.7 Å². The molecule has 2 heteroatoms. The summed E-state index contributed by atoms with van der Waals surface area (Å²) in [6.45, 7) is 12.4. The van der Waals surface area contributed by atoms with Gasteiger partial charge in [-0.3, -0.25) is 0 Å². The minimum atomic E-state index is 0.695. The number of hydrogen-bond acceptors (Lipinski definition) is 2. The Morgan fingerprint density at radius 3 is 2.25 bits per heavy atom. The summed E-state index contributed by atoms with van der Waals surface area (Å²) in [5, 5.41) is 0. The fourth-order valence-electron chi connectivity index (χ4n) is 3.23. The molecule has 3 atom stereocenters. The second-order valence-electron chi connectivity index (χ2n) is 6.84. The molecular weight excluding hydrogens is 246 g/mol. The number of piperidine rings is 1. The molecule has 1 heterocycles. The summed E-state index contributed by atoms with van der Waals surface area (Å²) in [4.78, 5) is 2.38. The van der Waals surface area contributed by atoms with Crippen molar-refractivity contribution in [2.75, 3.05) is 33.4 Å². The van der Waals surface area contributed by atoms with Gasteiger partial charge in [0, 0.05) is 6.54 Å². The quantitative estimate of drug-likeness (QED) is 0.560. The fourth-order valence-corrected chi connectivity index (χ4v) is 3.23. The molecule has 2 unspecified atom stereocenters. The van der Waals surface area contributed by atoms with Crippen LogP contribution < -0.4 is 0 Å². The molecule has 1 aliphatic heterocycles. The molecule has 2 nitrogen and oxygen atoms in total. The Morgan fingerprint density at radius 1 is 1.10 bits per heavy atom. The van der Waals surface area contributed by atoms with Gasteiger partial charge in [0.15, 0.2) is 0 Å². The number of nitrogens with zero attached hydrogens (tertiary/aromatic N) is 1. The van der Waals surface area contributed by atoms with Gasteiger partial charge < -0.3 is 9.64 Å². The Kier molecular flexibility index (Phi) is 9.21. The Bertz CT molecular complexity index is 244. The molecule has 1 saturated heterocycles. The zero-order valence-electron chi connectivity index (χ0n) is 13.9. The van der Waals surface area contributed by atoms with Crippen LogP contribution in [0.25, 0.3) is 0 Å². The topological polar surface area (TPSA) is 12.5 Å². The van der Waals surface area contributed by atoms with Crippen LogP contribution in [0, 0.1) is 17.8 Å². The van der Waals surface area contributed by atoms with Crippen LogP contribution in [0.5, 0.6) is 0 Å². The van der Waals surface area contributed by atoms with E-state index in [1.807, 2.05) is 6.08 Å². The van der Waals surface area contributed by atoms with Gasteiger partial charge in [0.25, 0.3) is 0 Å². The van der Waals surface area contributed by atoms with Gasteiger partial charge >= 0.3 is 0 Å². The Balaban J connectivity index is 0.000000217. The highest BCUT2D eigenvalue weighted by atomic mass is 16.5. The highest BCUT2D eigenvalue weighted by Gasteiger charge is 2.16. The number of hydrogen-bond donors (Lipinski definition) is 0. The summed E-state index contributed by atoms with van der Waals surface area (Å²) in [5.74, 6) is 2.75. The molecule has 0 aromatic heterocycles. The Hall–Kier alpha value is -0.340. The van der Waals surface area contributed by atoms with Crippen molar-refractivity contribution in [3.8, 4) is 0 Å². The van der Waals surface area contributed by atoms with Gasteiger partial charge in [0.1, 0.15) is 0 Å². The van der Waals surface area contributed by atoms with E-state index in [2.05, 4.69) is 32.4 Å². The lowest BCUT2D eigenvalue weighted by Crippen LogP contribution is -2.34. The molecule has 1 aliphatic carbocycles. The van der Waals surface area contributed by atoms with Crippen molar-refractivity contribution in [3.63, 3.8) is 0 Å². The van der Waals surface area contributed by atoms with Crippen molar-refractivity contribution in [1.82, 2.24) is 4.90 Å². The Labute approximate surface area is 126 Å². The van der Waals surface area contributed by atoms with E-state index in [9.17, 15) is 0 Å². The SMILES string of the molecule is C=CCOC[C@H]1CCCN(C)C1.CC1CCCCC1C. The van der Waals surface area contributed by atoms with Crippen LogP contribution in [-0.2, 0) is 4.74 Å². The van der Waals surface area contributed by atoms with Crippen LogP contribution in [0.4, 0.5) is 0 Å². The standard InChI is InChI=1S/C10H19NO.C8H16/c1-3-7-12-9-10-5-4-6-11(2)8-10;1-7-5-3-4-6-8(7)2/h3,10H,1,4-9H2,2H3;7-8H,3-6H2,1-2H3/t10-;/m0./s1. The van der Waals surface area contributed by atoms with Crippen LogP contribution in [0.2, 0.25) is 0 Å². The minimum Gasteiger partial charge on any atom is -0.377 e. The average molecular weight is 281 g/mol. The first-order chi connectivity index (χ1) is 9.63. The van der Waals surface area contributed by atoms with E-state index in [1.54, 1.807) is 0 Å². The van der Waals surface area contributed by atoms with Gasteiger partial charge in [0.2, 0.25) is 0 Å². The summed E-state index contributed by atoms with van der Waals surface area (Å²) in [6, 6.07) is 0. The van der Waals surface area contributed by atoms with Gasteiger partial charge in [-0.2, -0.15) is 0 Å². The van der Waals surface area contributed by atoms with Crippen molar-refractivity contribution < 1.29 is 4.74 Å². The molecule has 1 saturated carbocycles. The molecule has 0 N–H and O–H groups in total. The smallest absolute Gasteiger partial charge is 0.0644 e. The van der Waals surface area contributed by atoms with Crippen LogP contribution in [0.1, 0.15) is 52.4 Å². The van der Waals surface area contributed by atoms with Crippen LogP contribution >= 0.6 is 0 Å². The predicted octanol–water partition coefficient (Wildman–Crippen LogP) is 4.36. The van der Waals surface area contributed by atoms with Gasteiger partial charge in [0.05, 0.1) is 13.2 Å². The molecule has 0 amide bonds. The zero-order valence-corrected chi connectivity index (χ0v) is 13.9. The molecule has 0 aromatic carbocycles. The maximum absolute atomic E-state index is 5.43. The largest absolute Gasteiger partial charge is 0.377 e. The lowest BCUT2D eigenvalue weighted by molar-refractivity contribution is 0.0833. The van der Waals surface area contributed by atoms with Gasteiger partial charge in [-0.1, -0.05) is 45.6 Å². The Morgan fingerprint density at radius 2 is 1.75 bits per heavy atom. The molecular formula is C18H35NO. The van der Waals surface area contributed by atoms with Crippen LogP contribution in [-0.4, -0.2) is 38.3 Å². The maximum atomic E-state index is 5.43. The molecule has 2 aliphatic rings. The monoisotopic (exact) mass is 281 g/mol. The average Bonchev–Trinajstić information content (AvgIpc) is 2.43. The van der Waals surface area contributed by atoms with E-state index in [-0.39, 0.29) is 0 Å². The van der Waals surface area contributed by atoms with Gasteiger partial charge in [-0.25, -0.2) is 0 Å². The maximum Gasteiger partial charge on any atom is 0.0644 e. The number of rotatable bonds is 4. The molecule has 118 valence electrons. The van der Waals surface area contributed by atoms with E-state index in [4.69, 9.17) is 4.74 Å². The van der Waals surface area contributed by atoms with Crippen molar-refractivity contribution in [3.05, 3.63) is 12.7 Å². The lowest BCUT2D eigenvalue weighted by Gasteiger charge is -2.29. The summed E-state index contributed by atoms with van der Waals surface area (Å²) >= 11 is 0. The molecule has 2 rings (SSSR count). The third kappa shape index (κ3) is 7.44. The summed E-state index contributed by atoms with van der Waals surface area (Å²) in [5.41, 5.74) is 0. The number of ether oxygens (including phenoxy) is 1. The molecule has 0 bridgehead atoms. The van der Waals surface area contributed by atoms with Gasteiger partial charge in [-0.15, -0.1) is 6.58 Å². The molecule has 0 radical (unpaired) electrons. The second kappa shape index (κ2) is 10.4. The van der Waals surface area contributed by atoms with E-state index in [0.717, 1.165) is 24.4 Å². The van der Waals surface area contributed by atoms with E-state index in [1.165, 1.54) is 51.6 Å². The summed E-state index contributed by atoms with van der Waals surface area (Å²) in [7, 11) is 2.18. The first kappa shape index (κ1) is 17.7. The first-order valence-electron chi connectivity index (χ1n) is 8.50. The van der Waals surface area contributed by atoms with Crippen molar-refractivity contribution >= 4 is 0 Å². The molecule has 2 fully saturated rings. The van der Waals surface area contributed by atoms with Crippen molar-refractivity contribution in [2.24, 2.45) is 17.8 Å². The predicted molar refractivity (Wildman–Crippen MR) is 88.0 cm³/mol. The van der Waals surface area contributed by atoms with Crippen molar-refractivity contribution in [2.45, 2.75) is 52.4 Å². The lowest BCUT2D eigenvalue weighted by atomic mass is 9.82. The molecule has 0 spiro atoms. The summed E-state index contributed by atoms with van der Waals surface area (Å²) in [6.07, 6.45) is 10.4. The molecule has 20 heavy (non-hydrogen) atoms. The summed E-state index contributed by atoms with van der Waals surface area (Å²) < 4.78 is 5.43. The normalized spacial score (nSPS) is 31.2. The highest BCUT2D eigenvalue weighted by molar-refractivity contribution is 4.71. The molecule has 0 aromatic rings. The first-order valence-corrected chi connectivity index (χ1v) is 8.50. The second-order valence-corrected chi connectivity index (χ2v) is 6.84. The zero-order chi connectivity index (χ0) is 14.8. The highest BCUT2D eigenvalue weighted by Crippen LogP contribution is 2.28. The fraction of sp³-hybridized carbons (Fsp3) is 0.889. The number of likely N-dealkylation sites (tertiary alicyclic amines) is 1. The van der Waals surface area contributed by atoms with Gasteiger partial charge in [-0.05, 0) is 44.2 Å².